The smallest absolute Gasteiger partial charge is 0.404 e. The molecule has 0 saturated carbocycles. The van der Waals surface area contributed by atoms with Gasteiger partial charge < -0.3 is 26.2 Å². The van der Waals surface area contributed by atoms with Crippen molar-refractivity contribution in [3.8, 4) is 11.1 Å². The number of halogens is 1. The van der Waals surface area contributed by atoms with E-state index in [1.54, 1.807) is 17.0 Å². The number of rotatable bonds is 11. The number of nitrogens with two attached hydrogens (primary N) is 1. The van der Waals surface area contributed by atoms with E-state index in [9.17, 15) is 14.7 Å². The molecule has 218 valence electrons. The van der Waals surface area contributed by atoms with Gasteiger partial charge in [0.1, 0.15) is 5.82 Å². The average Bonchev–Trinajstić information content (AvgIpc) is 2.99. The van der Waals surface area contributed by atoms with Crippen LogP contribution in [0, 0.1) is 11.7 Å². The van der Waals surface area contributed by atoms with Crippen molar-refractivity contribution in [3.05, 3.63) is 95.3 Å². The molecule has 0 bridgehead atoms. The fourth-order valence-corrected chi connectivity index (χ4v) is 5.99. The maximum Gasteiger partial charge on any atom is 0.404 e. The van der Waals surface area contributed by atoms with Gasteiger partial charge in [0.05, 0.1) is 11.6 Å². The van der Waals surface area contributed by atoms with Crippen molar-refractivity contribution in [1.29, 1.82) is 0 Å². The van der Waals surface area contributed by atoms with E-state index < -0.39 is 29.5 Å². The largest absolute Gasteiger partial charge is 0.465 e. The first-order chi connectivity index (χ1) is 19.7. The standard InChI is InChI=1S/C33H40FN3O4/c1-2-23-12-6-13-25(20-23)30-27(15-7-16-28(30)34)33(41,17-9-18-36-32(39)40)26-14-8-19-37(22-26)31(38)29(35)21-24-10-4-3-5-11-24/h3-7,10-13,15-16,20,26,29,36,41H,2,8-9,14,17-19,21-22,35H2,1H3,(H,39,40). The zero-order valence-electron chi connectivity index (χ0n) is 23.6. The summed E-state index contributed by atoms with van der Waals surface area (Å²) in [6, 6.07) is 21.3. The van der Waals surface area contributed by atoms with Crippen LogP contribution >= 0.6 is 0 Å². The summed E-state index contributed by atoms with van der Waals surface area (Å²) in [5.74, 6) is -1.01. The van der Waals surface area contributed by atoms with Gasteiger partial charge in [-0.05, 0) is 66.8 Å². The van der Waals surface area contributed by atoms with Crippen LogP contribution in [-0.4, -0.2) is 52.8 Å². The van der Waals surface area contributed by atoms with Crippen LogP contribution < -0.4 is 11.1 Å². The van der Waals surface area contributed by atoms with Gasteiger partial charge in [0.25, 0.3) is 0 Å². The quantitative estimate of drug-likeness (QED) is 0.243. The third-order valence-corrected chi connectivity index (χ3v) is 8.14. The molecule has 1 aliphatic heterocycles. The van der Waals surface area contributed by atoms with Crippen LogP contribution in [-0.2, 0) is 23.2 Å². The summed E-state index contributed by atoms with van der Waals surface area (Å²) in [7, 11) is 0. The van der Waals surface area contributed by atoms with Crippen LogP contribution in [0.25, 0.3) is 11.1 Å². The number of benzene rings is 3. The predicted molar refractivity (Wildman–Crippen MR) is 158 cm³/mol. The molecule has 1 aliphatic rings. The van der Waals surface area contributed by atoms with Gasteiger partial charge in [0.2, 0.25) is 5.91 Å². The average molecular weight is 562 g/mol. The third kappa shape index (κ3) is 7.31. The molecular formula is C33H40FN3O4. The van der Waals surface area contributed by atoms with Crippen LogP contribution in [0.1, 0.15) is 49.3 Å². The summed E-state index contributed by atoms with van der Waals surface area (Å²) in [4.78, 5) is 26.2. The lowest BCUT2D eigenvalue weighted by Gasteiger charge is -2.44. The third-order valence-electron chi connectivity index (χ3n) is 8.14. The summed E-state index contributed by atoms with van der Waals surface area (Å²) in [5.41, 5.74) is 8.33. The molecule has 3 atom stereocenters. The normalized spacial score (nSPS) is 17.5. The van der Waals surface area contributed by atoms with Crippen molar-refractivity contribution < 1.29 is 24.2 Å². The van der Waals surface area contributed by atoms with Crippen molar-refractivity contribution in [2.24, 2.45) is 11.7 Å². The summed E-state index contributed by atoms with van der Waals surface area (Å²) in [5, 5.41) is 24.0. The maximum atomic E-state index is 15.6. The van der Waals surface area contributed by atoms with Crippen molar-refractivity contribution in [2.45, 2.75) is 57.1 Å². The van der Waals surface area contributed by atoms with Crippen molar-refractivity contribution in [3.63, 3.8) is 0 Å². The first-order valence-electron chi connectivity index (χ1n) is 14.4. The van der Waals surface area contributed by atoms with E-state index in [1.165, 1.54) is 6.07 Å². The zero-order valence-corrected chi connectivity index (χ0v) is 23.6. The van der Waals surface area contributed by atoms with Crippen molar-refractivity contribution in [1.82, 2.24) is 10.2 Å². The van der Waals surface area contributed by atoms with E-state index >= 15 is 4.39 Å². The van der Waals surface area contributed by atoms with Gasteiger partial charge in [-0.25, -0.2) is 9.18 Å². The summed E-state index contributed by atoms with van der Waals surface area (Å²) in [6.07, 6.45) is 1.88. The molecule has 0 spiro atoms. The molecular weight excluding hydrogens is 521 g/mol. The lowest BCUT2D eigenvalue weighted by atomic mass is 9.72. The lowest BCUT2D eigenvalue weighted by molar-refractivity contribution is -0.138. The molecule has 3 aromatic carbocycles. The highest BCUT2D eigenvalue weighted by atomic mass is 19.1. The molecule has 0 aromatic heterocycles. The lowest BCUT2D eigenvalue weighted by Crippen LogP contribution is -2.52. The summed E-state index contributed by atoms with van der Waals surface area (Å²) in [6.45, 7) is 2.98. The predicted octanol–water partition coefficient (Wildman–Crippen LogP) is 5.10. The molecule has 7 nitrogen and oxygen atoms in total. The number of carboxylic acid groups (broad SMARTS) is 1. The molecule has 0 radical (unpaired) electrons. The van der Waals surface area contributed by atoms with Crippen LogP contribution in [0.15, 0.2) is 72.8 Å². The first-order valence-corrected chi connectivity index (χ1v) is 14.4. The summed E-state index contributed by atoms with van der Waals surface area (Å²) >= 11 is 0. The molecule has 1 fully saturated rings. The molecule has 5 N–H and O–H groups in total. The van der Waals surface area contributed by atoms with Crippen molar-refractivity contribution >= 4 is 12.0 Å². The highest BCUT2D eigenvalue weighted by Crippen LogP contribution is 2.44. The minimum Gasteiger partial charge on any atom is -0.465 e. The number of amides is 2. The van der Waals surface area contributed by atoms with E-state index in [2.05, 4.69) is 5.32 Å². The number of likely N-dealkylation sites (tertiary alicyclic amines) is 1. The van der Waals surface area contributed by atoms with E-state index in [0.717, 1.165) is 17.5 Å². The van der Waals surface area contributed by atoms with Crippen LogP contribution in [0.2, 0.25) is 0 Å². The Hall–Kier alpha value is -3.75. The van der Waals surface area contributed by atoms with E-state index in [1.807, 2.05) is 61.5 Å². The van der Waals surface area contributed by atoms with Crippen molar-refractivity contribution in [2.75, 3.05) is 19.6 Å². The fourth-order valence-electron chi connectivity index (χ4n) is 5.99. The van der Waals surface area contributed by atoms with E-state index in [4.69, 9.17) is 10.8 Å². The monoisotopic (exact) mass is 561 g/mol. The molecule has 8 heteroatoms. The summed E-state index contributed by atoms with van der Waals surface area (Å²) < 4.78 is 15.6. The van der Waals surface area contributed by atoms with Gasteiger partial charge >= 0.3 is 6.09 Å². The van der Waals surface area contributed by atoms with Gasteiger partial charge in [0, 0.05) is 31.1 Å². The topological polar surface area (TPSA) is 116 Å². The number of aryl methyl sites for hydroxylation is 1. The Morgan fingerprint density at radius 1 is 1.10 bits per heavy atom. The molecule has 4 rings (SSSR count). The minimum absolute atomic E-state index is 0.144. The van der Waals surface area contributed by atoms with Crippen LogP contribution in [0.3, 0.4) is 0 Å². The number of piperidine rings is 1. The number of nitrogens with zero attached hydrogens (tertiary/aromatic N) is 1. The molecule has 1 heterocycles. The highest BCUT2D eigenvalue weighted by molar-refractivity contribution is 5.82. The zero-order chi connectivity index (χ0) is 29.4. The number of hydrogen-bond donors (Lipinski definition) is 4. The van der Waals surface area contributed by atoms with Gasteiger partial charge in [-0.3, -0.25) is 4.79 Å². The van der Waals surface area contributed by atoms with Gasteiger partial charge in [0.15, 0.2) is 0 Å². The minimum atomic E-state index is -1.51. The molecule has 1 saturated heterocycles. The second-order valence-electron chi connectivity index (χ2n) is 10.9. The molecule has 41 heavy (non-hydrogen) atoms. The SMILES string of the molecule is CCc1cccc(-c2c(F)cccc2C(O)(CCCNC(=O)O)C2CCCN(C(=O)C(N)Cc3ccccc3)C2)c1. The molecule has 0 aliphatic carbocycles. The van der Waals surface area contributed by atoms with Crippen LogP contribution in [0.4, 0.5) is 9.18 Å². The molecule has 2 amide bonds. The number of aliphatic hydroxyl groups is 1. The Balaban J connectivity index is 1.67. The fraction of sp³-hybridized carbons (Fsp3) is 0.394. The Bertz CT molecular complexity index is 1340. The van der Waals surface area contributed by atoms with E-state index in [-0.39, 0.29) is 25.4 Å². The van der Waals surface area contributed by atoms with E-state index in [0.29, 0.717) is 48.9 Å². The Morgan fingerprint density at radius 2 is 1.83 bits per heavy atom. The highest BCUT2D eigenvalue weighted by Gasteiger charge is 2.43. The Morgan fingerprint density at radius 3 is 2.56 bits per heavy atom. The number of carbonyl (C=O) groups excluding carboxylic acids is 1. The second-order valence-corrected chi connectivity index (χ2v) is 10.9. The second kappa shape index (κ2) is 13.7. The number of carbonyl (C=O) groups is 2. The van der Waals surface area contributed by atoms with Gasteiger partial charge in [-0.2, -0.15) is 0 Å². The number of nitrogens with one attached hydrogen (secondary N) is 1. The molecule has 3 aromatic rings. The van der Waals surface area contributed by atoms with Gasteiger partial charge in [-0.1, -0.05) is 73.7 Å². The number of hydrogen-bond acceptors (Lipinski definition) is 4. The first kappa shape index (κ1) is 30.2. The Kier molecular flexibility index (Phi) is 10.1. The van der Waals surface area contributed by atoms with Gasteiger partial charge in [-0.15, -0.1) is 0 Å². The maximum absolute atomic E-state index is 15.6. The van der Waals surface area contributed by atoms with Crippen LogP contribution in [0.5, 0.6) is 0 Å². The Labute approximate surface area is 241 Å². The molecule has 3 unspecified atom stereocenters.